The van der Waals surface area contributed by atoms with Gasteiger partial charge in [-0.2, -0.15) is 5.10 Å². The predicted octanol–water partition coefficient (Wildman–Crippen LogP) is 2.39. The molecule has 0 spiro atoms. The number of hydrazone groups is 1. The number of carbonyl (C=O) groups is 2. The third kappa shape index (κ3) is 4.96. The highest BCUT2D eigenvalue weighted by Gasteiger charge is 2.09. The first kappa shape index (κ1) is 16.2. The van der Waals surface area contributed by atoms with Gasteiger partial charge in [0.15, 0.2) is 0 Å². The molecular weight excluding hydrogens is 296 g/mol. The number of amides is 1. The molecule has 3 N–H and O–H groups in total. The Labute approximate surface area is 133 Å². The van der Waals surface area contributed by atoms with Crippen LogP contribution < -0.4 is 5.43 Å². The van der Waals surface area contributed by atoms with Crippen LogP contribution in [0.25, 0.3) is 0 Å². The van der Waals surface area contributed by atoms with Crippen molar-refractivity contribution in [2.75, 3.05) is 0 Å². The van der Waals surface area contributed by atoms with E-state index in [1.807, 2.05) is 18.2 Å². The summed E-state index contributed by atoms with van der Waals surface area (Å²) in [7, 11) is 0. The van der Waals surface area contributed by atoms with Crippen LogP contribution in [0, 0.1) is 0 Å². The summed E-state index contributed by atoms with van der Waals surface area (Å²) in [4.78, 5) is 22.8. The zero-order valence-corrected chi connectivity index (χ0v) is 12.3. The average molecular weight is 312 g/mol. The Morgan fingerprint density at radius 3 is 2.17 bits per heavy atom. The van der Waals surface area contributed by atoms with Gasteiger partial charge in [-0.25, -0.2) is 5.43 Å². The minimum Gasteiger partial charge on any atom is -0.508 e. The van der Waals surface area contributed by atoms with Crippen molar-refractivity contribution in [2.24, 2.45) is 5.10 Å². The summed E-state index contributed by atoms with van der Waals surface area (Å²) in [6.07, 6.45) is 0.123. The molecule has 0 aliphatic heterocycles. The Kier molecular flexibility index (Phi) is 5.46. The Hall–Kier alpha value is -3.15. The summed E-state index contributed by atoms with van der Waals surface area (Å²) in [6.45, 7) is 0. The van der Waals surface area contributed by atoms with E-state index < -0.39 is 11.9 Å². The van der Waals surface area contributed by atoms with Gasteiger partial charge >= 0.3 is 5.97 Å². The van der Waals surface area contributed by atoms with Gasteiger partial charge in [0, 0.05) is 12.0 Å². The third-order valence-electron chi connectivity index (χ3n) is 3.10. The van der Waals surface area contributed by atoms with Crippen LogP contribution in [0.1, 0.15) is 28.8 Å². The molecule has 2 rings (SSSR count). The average Bonchev–Trinajstić information content (AvgIpc) is 2.56. The Balaban J connectivity index is 2.14. The van der Waals surface area contributed by atoms with Crippen molar-refractivity contribution in [1.82, 2.24) is 5.43 Å². The van der Waals surface area contributed by atoms with Crippen molar-refractivity contribution < 1.29 is 19.8 Å². The summed E-state index contributed by atoms with van der Waals surface area (Å²) in [6, 6.07) is 14.8. The van der Waals surface area contributed by atoms with Crippen LogP contribution in [0.5, 0.6) is 5.75 Å². The molecule has 0 aromatic heterocycles. The van der Waals surface area contributed by atoms with Crippen molar-refractivity contribution in [2.45, 2.75) is 12.8 Å². The van der Waals surface area contributed by atoms with Gasteiger partial charge in [0.2, 0.25) is 0 Å². The van der Waals surface area contributed by atoms with E-state index in [1.165, 1.54) is 24.3 Å². The van der Waals surface area contributed by atoms with Crippen molar-refractivity contribution in [1.29, 1.82) is 0 Å². The van der Waals surface area contributed by atoms with Crippen LogP contribution in [0.15, 0.2) is 59.7 Å². The van der Waals surface area contributed by atoms with E-state index in [1.54, 1.807) is 12.1 Å². The number of hydrogen-bond acceptors (Lipinski definition) is 4. The number of rotatable bonds is 6. The summed E-state index contributed by atoms with van der Waals surface area (Å²) < 4.78 is 0. The Morgan fingerprint density at radius 1 is 0.913 bits per heavy atom. The summed E-state index contributed by atoms with van der Waals surface area (Å²) in [5.74, 6) is -1.30. The molecule has 2 aromatic rings. The molecule has 23 heavy (non-hydrogen) atoms. The number of nitrogens with zero attached hydrogens (tertiary/aromatic N) is 1. The van der Waals surface area contributed by atoms with Crippen LogP contribution in [0.3, 0.4) is 0 Å². The molecule has 6 nitrogen and oxygen atoms in total. The topological polar surface area (TPSA) is 99.0 Å². The molecule has 2 aromatic carbocycles. The second-order valence-corrected chi connectivity index (χ2v) is 4.81. The number of carbonyl (C=O) groups excluding carboxylic acids is 1. The van der Waals surface area contributed by atoms with Crippen molar-refractivity contribution in [3.05, 3.63) is 65.7 Å². The normalized spacial score (nSPS) is 11.0. The summed E-state index contributed by atoms with van der Waals surface area (Å²) >= 11 is 0. The lowest BCUT2D eigenvalue weighted by Crippen LogP contribution is -2.20. The maximum Gasteiger partial charge on any atom is 0.303 e. The first-order valence-corrected chi connectivity index (χ1v) is 6.99. The minimum atomic E-state index is -0.932. The Morgan fingerprint density at radius 2 is 1.57 bits per heavy atom. The number of carboxylic acids is 1. The lowest BCUT2D eigenvalue weighted by atomic mass is 10.1. The molecule has 0 saturated heterocycles. The van der Waals surface area contributed by atoms with Gasteiger partial charge in [0.05, 0.1) is 12.1 Å². The molecule has 0 fully saturated rings. The van der Waals surface area contributed by atoms with Crippen LogP contribution in [-0.4, -0.2) is 27.8 Å². The van der Waals surface area contributed by atoms with Gasteiger partial charge in [-0.15, -0.1) is 0 Å². The maximum atomic E-state index is 12.0. The maximum absolute atomic E-state index is 12.0. The smallest absolute Gasteiger partial charge is 0.303 e. The standard InChI is InChI=1S/C17H16N2O4/c20-14-8-6-13(7-9-14)17(23)19-18-15(10-11-16(21)22)12-4-2-1-3-5-12/h1-9,20H,10-11H2,(H,19,23)(H,21,22). The summed E-state index contributed by atoms with van der Waals surface area (Å²) in [5.41, 5.74) is 4.00. The molecule has 0 unspecified atom stereocenters. The molecule has 0 heterocycles. The first-order chi connectivity index (χ1) is 11.1. The number of hydrogen-bond donors (Lipinski definition) is 3. The molecule has 0 bridgehead atoms. The zero-order chi connectivity index (χ0) is 16.7. The van der Waals surface area contributed by atoms with Gasteiger partial charge < -0.3 is 10.2 Å². The number of aromatic hydroxyl groups is 1. The fourth-order valence-corrected chi connectivity index (χ4v) is 1.92. The fourth-order valence-electron chi connectivity index (χ4n) is 1.92. The molecule has 0 aliphatic rings. The summed E-state index contributed by atoms with van der Waals surface area (Å²) in [5, 5.41) is 22.1. The largest absolute Gasteiger partial charge is 0.508 e. The van der Waals surface area contributed by atoms with Gasteiger partial charge in [0.25, 0.3) is 5.91 Å². The molecule has 118 valence electrons. The van der Waals surface area contributed by atoms with Crippen molar-refractivity contribution in [3.8, 4) is 5.75 Å². The molecular formula is C17H16N2O4. The number of phenolic OH excluding ortho intramolecular Hbond substituents is 1. The highest BCUT2D eigenvalue weighted by Crippen LogP contribution is 2.10. The number of phenols is 1. The Bertz CT molecular complexity index is 709. The van der Waals surface area contributed by atoms with Gasteiger partial charge in [0.1, 0.15) is 5.75 Å². The molecule has 0 radical (unpaired) electrons. The highest BCUT2D eigenvalue weighted by molar-refractivity contribution is 6.03. The van der Waals surface area contributed by atoms with Crippen LogP contribution in [0.2, 0.25) is 0 Å². The van der Waals surface area contributed by atoms with Crippen LogP contribution in [0.4, 0.5) is 0 Å². The van der Waals surface area contributed by atoms with Gasteiger partial charge in [-0.3, -0.25) is 9.59 Å². The number of benzene rings is 2. The van der Waals surface area contributed by atoms with Crippen LogP contribution >= 0.6 is 0 Å². The van der Waals surface area contributed by atoms with E-state index in [2.05, 4.69) is 10.5 Å². The SMILES string of the molecule is O=C(O)CCC(=NNC(=O)c1ccc(O)cc1)c1ccccc1. The monoisotopic (exact) mass is 312 g/mol. The second kappa shape index (κ2) is 7.74. The van der Waals surface area contributed by atoms with Crippen LogP contribution in [-0.2, 0) is 4.79 Å². The quantitative estimate of drug-likeness (QED) is 0.563. The number of carboxylic acid groups (broad SMARTS) is 1. The molecule has 0 atom stereocenters. The first-order valence-electron chi connectivity index (χ1n) is 6.99. The number of aliphatic carboxylic acids is 1. The van der Waals surface area contributed by atoms with E-state index in [0.717, 1.165) is 5.56 Å². The van der Waals surface area contributed by atoms with E-state index in [0.29, 0.717) is 11.3 Å². The molecule has 0 saturated carbocycles. The van der Waals surface area contributed by atoms with E-state index in [-0.39, 0.29) is 18.6 Å². The lowest BCUT2D eigenvalue weighted by molar-refractivity contribution is -0.136. The minimum absolute atomic E-state index is 0.0662. The van der Waals surface area contributed by atoms with E-state index in [4.69, 9.17) is 5.11 Å². The zero-order valence-electron chi connectivity index (χ0n) is 12.3. The van der Waals surface area contributed by atoms with Gasteiger partial charge in [-0.1, -0.05) is 30.3 Å². The fraction of sp³-hybridized carbons (Fsp3) is 0.118. The van der Waals surface area contributed by atoms with Crippen molar-refractivity contribution >= 4 is 17.6 Å². The predicted molar refractivity (Wildman–Crippen MR) is 85.4 cm³/mol. The van der Waals surface area contributed by atoms with Crippen molar-refractivity contribution in [3.63, 3.8) is 0 Å². The highest BCUT2D eigenvalue weighted by atomic mass is 16.4. The van der Waals surface area contributed by atoms with E-state index >= 15 is 0 Å². The molecule has 6 heteroatoms. The molecule has 0 aliphatic carbocycles. The lowest BCUT2D eigenvalue weighted by Gasteiger charge is -2.06. The van der Waals surface area contributed by atoms with Gasteiger partial charge in [-0.05, 0) is 29.8 Å². The second-order valence-electron chi connectivity index (χ2n) is 4.81. The molecule has 1 amide bonds. The number of nitrogens with one attached hydrogen (secondary N) is 1. The van der Waals surface area contributed by atoms with E-state index in [9.17, 15) is 14.7 Å². The third-order valence-corrected chi connectivity index (χ3v) is 3.10.